The lowest BCUT2D eigenvalue weighted by molar-refractivity contribution is -0.383. The number of carbonyl (C=O) groups is 1. The lowest BCUT2D eigenvalue weighted by Gasteiger charge is -2.22. The van der Waals surface area contributed by atoms with Gasteiger partial charge < -0.3 is 14.9 Å². The molecule has 30 heavy (non-hydrogen) atoms. The van der Waals surface area contributed by atoms with Crippen LogP contribution < -0.4 is 10.6 Å². The largest absolute Gasteiger partial charge is 0.449 e. The molecule has 1 amide bonds. The summed E-state index contributed by atoms with van der Waals surface area (Å²) >= 11 is 0. The Labute approximate surface area is 170 Å². The summed E-state index contributed by atoms with van der Waals surface area (Å²) in [5.41, 5.74) is 6.18. The number of rotatable bonds is 6. The second-order valence-electron chi connectivity index (χ2n) is 5.95. The number of nitriles is 1. The summed E-state index contributed by atoms with van der Waals surface area (Å²) in [5, 5.41) is 20.8. The van der Waals surface area contributed by atoms with Crippen LogP contribution in [-0.2, 0) is 11.3 Å². The van der Waals surface area contributed by atoms with Gasteiger partial charge in [-0.05, 0) is 24.6 Å². The van der Waals surface area contributed by atoms with Gasteiger partial charge in [-0.15, -0.1) is 0 Å². The Bertz CT molecular complexity index is 1120. The monoisotopic (exact) mass is 408 g/mol. The van der Waals surface area contributed by atoms with Crippen molar-refractivity contribution in [2.75, 3.05) is 17.2 Å². The molecule has 0 radical (unpaired) electrons. The van der Waals surface area contributed by atoms with Crippen LogP contribution in [0.4, 0.5) is 22.0 Å². The Morgan fingerprint density at radius 3 is 2.87 bits per heavy atom. The first-order valence-electron chi connectivity index (χ1n) is 8.72. The number of pyridine rings is 1. The van der Waals surface area contributed by atoms with Crippen LogP contribution in [0.1, 0.15) is 18.1 Å². The number of hydrogen-bond donors (Lipinski definition) is 1. The number of nitrogens with two attached hydrogens (primary N) is 1. The first-order chi connectivity index (χ1) is 14.4. The van der Waals surface area contributed by atoms with Gasteiger partial charge in [0.05, 0.1) is 35.9 Å². The van der Waals surface area contributed by atoms with Crippen LogP contribution >= 0.6 is 0 Å². The maximum Gasteiger partial charge on any atom is 0.414 e. The van der Waals surface area contributed by atoms with E-state index in [-0.39, 0.29) is 30.4 Å². The van der Waals surface area contributed by atoms with Crippen molar-refractivity contribution in [3.8, 4) is 17.7 Å². The van der Waals surface area contributed by atoms with Crippen molar-refractivity contribution in [1.29, 1.82) is 5.26 Å². The smallest absolute Gasteiger partial charge is 0.414 e. The molecule has 0 saturated heterocycles. The quantitative estimate of drug-likeness (QED) is 0.476. The third-order valence-electron chi connectivity index (χ3n) is 4.01. The number of benzene rings is 1. The number of hydrogen-bond acceptors (Lipinski definition) is 9. The van der Waals surface area contributed by atoms with Gasteiger partial charge in [0.25, 0.3) is 0 Å². The van der Waals surface area contributed by atoms with Crippen LogP contribution in [0.3, 0.4) is 0 Å². The third kappa shape index (κ3) is 4.17. The molecule has 2 aromatic heterocycles. The summed E-state index contributed by atoms with van der Waals surface area (Å²) in [7, 11) is 0. The summed E-state index contributed by atoms with van der Waals surface area (Å²) in [6.07, 6.45) is 1.86. The molecule has 2 N–H and O–H groups in total. The Kier molecular flexibility index (Phi) is 5.88. The number of nitrogen functional groups attached to an aromatic ring is 1. The zero-order valence-electron chi connectivity index (χ0n) is 15.8. The minimum atomic E-state index is -0.827. The Hall–Kier alpha value is -4.46. The van der Waals surface area contributed by atoms with Gasteiger partial charge in [-0.2, -0.15) is 5.26 Å². The Balaban J connectivity index is 2.16. The SMILES string of the molecule is CCOC(=O)N(Cc1cccc(C#N)c1)c1cc(-c2ncco2)nc(N)c1[N+](=O)[O-]. The summed E-state index contributed by atoms with van der Waals surface area (Å²) in [6, 6.07) is 9.78. The fourth-order valence-corrected chi connectivity index (χ4v) is 2.77. The highest BCUT2D eigenvalue weighted by atomic mass is 16.6. The summed E-state index contributed by atoms with van der Waals surface area (Å²) in [4.78, 5) is 32.7. The van der Waals surface area contributed by atoms with Gasteiger partial charge in [0.2, 0.25) is 11.7 Å². The molecule has 0 bridgehead atoms. The lowest BCUT2D eigenvalue weighted by Crippen LogP contribution is -2.32. The van der Waals surface area contributed by atoms with E-state index in [0.717, 1.165) is 4.90 Å². The van der Waals surface area contributed by atoms with E-state index < -0.39 is 22.5 Å². The van der Waals surface area contributed by atoms with Gasteiger partial charge in [0.1, 0.15) is 17.6 Å². The minimum Gasteiger partial charge on any atom is -0.449 e. The average Bonchev–Trinajstić information content (AvgIpc) is 3.26. The molecule has 0 aliphatic rings. The number of ether oxygens (including phenoxy) is 1. The van der Waals surface area contributed by atoms with Gasteiger partial charge in [-0.3, -0.25) is 15.0 Å². The fraction of sp³-hybridized carbons (Fsp3) is 0.158. The van der Waals surface area contributed by atoms with Crippen molar-refractivity contribution in [2.45, 2.75) is 13.5 Å². The molecule has 2 heterocycles. The van der Waals surface area contributed by atoms with Crippen LogP contribution in [0.15, 0.2) is 47.2 Å². The zero-order valence-corrected chi connectivity index (χ0v) is 15.8. The van der Waals surface area contributed by atoms with E-state index in [1.807, 2.05) is 6.07 Å². The second kappa shape index (κ2) is 8.70. The van der Waals surface area contributed by atoms with Crippen molar-refractivity contribution in [1.82, 2.24) is 9.97 Å². The summed E-state index contributed by atoms with van der Waals surface area (Å²) in [6.45, 7) is 1.55. The first kappa shape index (κ1) is 20.3. The number of aromatic nitrogens is 2. The Morgan fingerprint density at radius 2 is 2.23 bits per heavy atom. The van der Waals surface area contributed by atoms with Crippen LogP contribution in [0.25, 0.3) is 11.6 Å². The molecule has 3 aromatic rings. The molecule has 0 saturated carbocycles. The van der Waals surface area contributed by atoms with Crippen molar-refractivity contribution in [2.24, 2.45) is 0 Å². The summed E-state index contributed by atoms with van der Waals surface area (Å²) < 4.78 is 10.3. The van der Waals surface area contributed by atoms with Crippen LogP contribution in [0, 0.1) is 21.4 Å². The van der Waals surface area contributed by atoms with Gasteiger partial charge in [0.15, 0.2) is 0 Å². The van der Waals surface area contributed by atoms with Crippen molar-refractivity contribution in [3.63, 3.8) is 0 Å². The van der Waals surface area contributed by atoms with E-state index in [4.69, 9.17) is 20.1 Å². The fourth-order valence-electron chi connectivity index (χ4n) is 2.77. The van der Waals surface area contributed by atoms with Gasteiger partial charge in [0, 0.05) is 6.07 Å². The van der Waals surface area contributed by atoms with Crippen LogP contribution in [0.5, 0.6) is 0 Å². The minimum absolute atomic E-state index is 0.0501. The highest BCUT2D eigenvalue weighted by molar-refractivity contribution is 5.93. The number of carbonyl (C=O) groups excluding carboxylic acids is 1. The van der Waals surface area contributed by atoms with E-state index in [1.165, 1.54) is 18.5 Å². The van der Waals surface area contributed by atoms with E-state index >= 15 is 0 Å². The highest BCUT2D eigenvalue weighted by Crippen LogP contribution is 2.37. The Morgan fingerprint density at radius 1 is 1.43 bits per heavy atom. The molecule has 3 rings (SSSR count). The topological polar surface area (TPSA) is 161 Å². The maximum absolute atomic E-state index is 12.7. The standard InChI is InChI=1S/C19H16N6O5/c1-2-29-19(26)24(11-13-5-3-4-12(8-13)10-20)15-9-14(18-22-6-7-30-18)23-17(21)16(15)25(27)28/h3-9H,2,11H2,1H3,(H2,21,23). The van der Waals surface area contributed by atoms with Crippen molar-refractivity contribution >= 4 is 23.3 Å². The molecule has 0 aliphatic heterocycles. The van der Waals surface area contributed by atoms with E-state index in [1.54, 1.807) is 31.2 Å². The molecule has 0 unspecified atom stereocenters. The number of nitro groups is 1. The number of oxazole rings is 1. The average molecular weight is 408 g/mol. The van der Waals surface area contributed by atoms with E-state index in [2.05, 4.69) is 9.97 Å². The van der Waals surface area contributed by atoms with Crippen molar-refractivity contribution in [3.05, 3.63) is 64.0 Å². The molecule has 0 spiro atoms. The molecule has 0 aliphatic carbocycles. The molecular weight excluding hydrogens is 392 g/mol. The lowest BCUT2D eigenvalue weighted by atomic mass is 10.1. The van der Waals surface area contributed by atoms with E-state index in [0.29, 0.717) is 11.1 Å². The van der Waals surface area contributed by atoms with E-state index in [9.17, 15) is 14.9 Å². The maximum atomic E-state index is 12.7. The second-order valence-corrected chi connectivity index (χ2v) is 5.95. The van der Waals surface area contributed by atoms with Crippen LogP contribution in [0.2, 0.25) is 0 Å². The molecule has 0 atom stereocenters. The van der Waals surface area contributed by atoms with Gasteiger partial charge in [-0.1, -0.05) is 12.1 Å². The first-order valence-corrected chi connectivity index (χ1v) is 8.72. The number of anilines is 2. The predicted molar refractivity (Wildman–Crippen MR) is 105 cm³/mol. The third-order valence-corrected chi connectivity index (χ3v) is 4.01. The molecule has 152 valence electrons. The molecular formula is C19H16N6O5. The highest BCUT2D eigenvalue weighted by Gasteiger charge is 2.31. The normalized spacial score (nSPS) is 10.3. The molecule has 0 fully saturated rings. The van der Waals surface area contributed by atoms with Crippen LogP contribution in [-0.4, -0.2) is 27.6 Å². The molecule has 11 nitrogen and oxygen atoms in total. The van der Waals surface area contributed by atoms with Crippen molar-refractivity contribution < 1.29 is 18.9 Å². The predicted octanol–water partition coefficient (Wildman–Crippen LogP) is 3.26. The molecule has 11 heteroatoms. The zero-order chi connectivity index (χ0) is 21.7. The number of nitrogens with zero attached hydrogens (tertiary/aromatic N) is 5. The van der Waals surface area contributed by atoms with Gasteiger partial charge in [-0.25, -0.2) is 14.8 Å². The molecule has 1 aromatic carbocycles. The number of amides is 1. The summed E-state index contributed by atoms with van der Waals surface area (Å²) in [5.74, 6) is -0.334. The van der Waals surface area contributed by atoms with Gasteiger partial charge >= 0.3 is 11.8 Å².